The molecule has 1 fully saturated rings. The maximum atomic E-state index is 11.6. The standard InChI is InChI=1S/C13H28ClN5O/c14-10-12-9-13(20)19(11-12)8-7-18-6-5-17-4-3-16-2-1-15/h12,16-18H,1-11,15H2. The number of carbonyl (C=O) groups is 1. The van der Waals surface area contributed by atoms with E-state index in [0.717, 1.165) is 52.4 Å². The van der Waals surface area contributed by atoms with Gasteiger partial charge in [0.25, 0.3) is 0 Å². The van der Waals surface area contributed by atoms with E-state index in [0.29, 0.717) is 24.8 Å². The van der Waals surface area contributed by atoms with Gasteiger partial charge in [0.1, 0.15) is 0 Å². The smallest absolute Gasteiger partial charge is 0.223 e. The Morgan fingerprint density at radius 3 is 2.25 bits per heavy atom. The molecule has 1 atom stereocenters. The van der Waals surface area contributed by atoms with Crippen molar-refractivity contribution in [1.82, 2.24) is 20.9 Å². The topological polar surface area (TPSA) is 82.4 Å². The van der Waals surface area contributed by atoms with Gasteiger partial charge < -0.3 is 26.6 Å². The van der Waals surface area contributed by atoms with Crippen molar-refractivity contribution < 1.29 is 4.79 Å². The number of likely N-dealkylation sites (tertiary alicyclic amines) is 1. The Labute approximate surface area is 126 Å². The van der Waals surface area contributed by atoms with Gasteiger partial charge in [-0.3, -0.25) is 4.79 Å². The van der Waals surface area contributed by atoms with Crippen LogP contribution in [0.2, 0.25) is 0 Å². The molecule has 0 aromatic rings. The maximum Gasteiger partial charge on any atom is 0.223 e. The summed E-state index contributed by atoms with van der Waals surface area (Å²) < 4.78 is 0. The molecule has 1 rings (SSSR count). The molecule has 0 spiro atoms. The average Bonchev–Trinajstić information content (AvgIpc) is 2.81. The van der Waals surface area contributed by atoms with Gasteiger partial charge in [-0.15, -0.1) is 11.6 Å². The predicted octanol–water partition coefficient (Wildman–Crippen LogP) is -1.20. The zero-order valence-corrected chi connectivity index (χ0v) is 12.9. The number of nitrogens with two attached hydrogens (primary N) is 1. The summed E-state index contributed by atoms with van der Waals surface area (Å²) in [7, 11) is 0. The fourth-order valence-electron chi connectivity index (χ4n) is 2.22. The largest absolute Gasteiger partial charge is 0.341 e. The van der Waals surface area contributed by atoms with Crippen LogP contribution in [-0.2, 0) is 4.79 Å². The highest BCUT2D eigenvalue weighted by atomic mass is 35.5. The Hall–Kier alpha value is -0.400. The van der Waals surface area contributed by atoms with Crippen molar-refractivity contribution in [3.8, 4) is 0 Å². The van der Waals surface area contributed by atoms with Crippen LogP contribution in [0, 0.1) is 5.92 Å². The molecule has 20 heavy (non-hydrogen) atoms. The Kier molecular flexibility index (Phi) is 9.96. The number of nitrogens with zero attached hydrogens (tertiary/aromatic N) is 1. The first-order chi connectivity index (χ1) is 9.77. The number of rotatable bonds is 12. The lowest BCUT2D eigenvalue weighted by Crippen LogP contribution is -2.37. The minimum atomic E-state index is 0.238. The van der Waals surface area contributed by atoms with Gasteiger partial charge in [0.05, 0.1) is 0 Å². The van der Waals surface area contributed by atoms with Crippen LogP contribution in [0.3, 0.4) is 0 Å². The minimum Gasteiger partial charge on any atom is -0.341 e. The Morgan fingerprint density at radius 2 is 1.70 bits per heavy atom. The molecule has 0 aromatic heterocycles. The maximum absolute atomic E-state index is 11.6. The van der Waals surface area contributed by atoms with E-state index in [1.54, 1.807) is 0 Å². The summed E-state index contributed by atoms with van der Waals surface area (Å²) in [5.74, 6) is 1.16. The fraction of sp³-hybridized carbons (Fsp3) is 0.923. The van der Waals surface area contributed by atoms with Gasteiger partial charge in [0.2, 0.25) is 5.91 Å². The van der Waals surface area contributed by atoms with Crippen molar-refractivity contribution in [2.45, 2.75) is 6.42 Å². The Bertz CT molecular complexity index is 267. The zero-order chi connectivity index (χ0) is 14.6. The first-order valence-corrected chi connectivity index (χ1v) is 7.97. The molecule has 1 heterocycles. The fourth-order valence-corrected chi connectivity index (χ4v) is 2.42. The molecule has 0 aromatic carbocycles. The van der Waals surface area contributed by atoms with Gasteiger partial charge in [-0.05, 0) is 5.92 Å². The van der Waals surface area contributed by atoms with Crippen LogP contribution < -0.4 is 21.7 Å². The second-order valence-electron chi connectivity index (χ2n) is 5.10. The summed E-state index contributed by atoms with van der Waals surface area (Å²) in [6.45, 7) is 7.73. The second-order valence-corrected chi connectivity index (χ2v) is 5.41. The van der Waals surface area contributed by atoms with E-state index < -0.39 is 0 Å². The molecule has 0 saturated carbocycles. The van der Waals surface area contributed by atoms with Crippen LogP contribution in [-0.4, -0.2) is 75.6 Å². The third-order valence-electron chi connectivity index (χ3n) is 3.35. The Balaban J connectivity index is 1.86. The molecular formula is C13H28ClN5O. The van der Waals surface area contributed by atoms with Crippen LogP contribution in [0.5, 0.6) is 0 Å². The average molecular weight is 306 g/mol. The lowest BCUT2D eigenvalue weighted by atomic mass is 10.2. The van der Waals surface area contributed by atoms with Crippen molar-refractivity contribution in [3.63, 3.8) is 0 Å². The van der Waals surface area contributed by atoms with Gasteiger partial charge in [-0.25, -0.2) is 0 Å². The van der Waals surface area contributed by atoms with E-state index in [9.17, 15) is 4.79 Å². The van der Waals surface area contributed by atoms with E-state index in [4.69, 9.17) is 17.3 Å². The number of carbonyl (C=O) groups excluding carboxylic acids is 1. The van der Waals surface area contributed by atoms with E-state index in [2.05, 4.69) is 16.0 Å². The van der Waals surface area contributed by atoms with Crippen molar-refractivity contribution in [2.75, 3.05) is 64.8 Å². The highest BCUT2D eigenvalue weighted by Gasteiger charge is 2.27. The quantitative estimate of drug-likeness (QED) is 0.269. The zero-order valence-electron chi connectivity index (χ0n) is 12.2. The van der Waals surface area contributed by atoms with Gasteiger partial charge in [0.15, 0.2) is 0 Å². The third kappa shape index (κ3) is 7.40. The van der Waals surface area contributed by atoms with Gasteiger partial charge in [-0.2, -0.15) is 0 Å². The van der Waals surface area contributed by atoms with E-state index in [1.165, 1.54) is 0 Å². The van der Waals surface area contributed by atoms with Gasteiger partial charge in [0, 0.05) is 71.2 Å². The van der Waals surface area contributed by atoms with Crippen molar-refractivity contribution in [2.24, 2.45) is 11.7 Å². The highest BCUT2D eigenvalue weighted by Crippen LogP contribution is 2.17. The molecule has 1 unspecified atom stereocenters. The summed E-state index contributed by atoms with van der Waals surface area (Å²) in [4.78, 5) is 13.6. The molecule has 1 aliphatic rings. The summed E-state index contributed by atoms with van der Waals surface area (Å²) in [6, 6.07) is 0. The molecule has 0 bridgehead atoms. The monoisotopic (exact) mass is 305 g/mol. The third-order valence-corrected chi connectivity index (χ3v) is 3.79. The molecule has 0 aliphatic carbocycles. The van der Waals surface area contributed by atoms with Crippen LogP contribution >= 0.6 is 11.6 Å². The highest BCUT2D eigenvalue weighted by molar-refractivity contribution is 6.18. The molecule has 5 N–H and O–H groups in total. The van der Waals surface area contributed by atoms with Crippen LogP contribution in [0.1, 0.15) is 6.42 Å². The van der Waals surface area contributed by atoms with Gasteiger partial charge in [-0.1, -0.05) is 0 Å². The van der Waals surface area contributed by atoms with Crippen molar-refractivity contribution in [3.05, 3.63) is 0 Å². The molecule has 6 nitrogen and oxygen atoms in total. The van der Waals surface area contributed by atoms with Crippen LogP contribution in [0.15, 0.2) is 0 Å². The molecule has 118 valence electrons. The summed E-state index contributed by atoms with van der Waals surface area (Å²) >= 11 is 5.79. The summed E-state index contributed by atoms with van der Waals surface area (Å²) in [6.07, 6.45) is 0.612. The van der Waals surface area contributed by atoms with E-state index >= 15 is 0 Å². The SMILES string of the molecule is NCCNCCNCCNCCN1CC(CCl)CC1=O. The second kappa shape index (κ2) is 11.3. The lowest BCUT2D eigenvalue weighted by molar-refractivity contribution is -0.127. The number of hydrogen-bond donors (Lipinski definition) is 4. The van der Waals surface area contributed by atoms with Crippen LogP contribution in [0.25, 0.3) is 0 Å². The number of halogens is 1. The van der Waals surface area contributed by atoms with E-state index in [-0.39, 0.29) is 5.91 Å². The normalized spacial score (nSPS) is 19.0. The summed E-state index contributed by atoms with van der Waals surface area (Å²) in [5.41, 5.74) is 5.38. The molecule has 1 saturated heterocycles. The minimum absolute atomic E-state index is 0.238. The molecule has 1 aliphatic heterocycles. The van der Waals surface area contributed by atoms with Crippen molar-refractivity contribution in [1.29, 1.82) is 0 Å². The lowest BCUT2D eigenvalue weighted by Gasteiger charge is -2.16. The van der Waals surface area contributed by atoms with E-state index in [1.807, 2.05) is 4.90 Å². The molecular weight excluding hydrogens is 278 g/mol. The van der Waals surface area contributed by atoms with Gasteiger partial charge >= 0.3 is 0 Å². The van der Waals surface area contributed by atoms with Crippen LogP contribution in [0.4, 0.5) is 0 Å². The molecule has 0 radical (unpaired) electrons. The summed E-state index contributed by atoms with van der Waals surface area (Å²) in [5, 5.41) is 9.90. The Morgan fingerprint density at radius 1 is 1.10 bits per heavy atom. The number of hydrogen-bond acceptors (Lipinski definition) is 5. The molecule has 1 amide bonds. The van der Waals surface area contributed by atoms with Crippen molar-refractivity contribution >= 4 is 17.5 Å². The first kappa shape index (κ1) is 17.7. The molecule has 7 heteroatoms. The number of alkyl halides is 1. The predicted molar refractivity (Wildman–Crippen MR) is 83.1 cm³/mol. The first-order valence-electron chi connectivity index (χ1n) is 7.44. The number of nitrogens with one attached hydrogen (secondary N) is 3. The number of amides is 1.